The molecule has 2 aliphatic heterocycles. The summed E-state index contributed by atoms with van der Waals surface area (Å²) < 4.78 is 0. The van der Waals surface area contributed by atoms with E-state index in [0.717, 1.165) is 50.3 Å². The third-order valence-corrected chi connectivity index (χ3v) is 6.76. The van der Waals surface area contributed by atoms with Crippen molar-refractivity contribution >= 4 is 46.2 Å². The SMILES string of the molecule is O=C([C@@H]1CCCCN1c1cc(Cl)[c]cc1Cl)N1CCN(C2CC2)c2ccccc21. The van der Waals surface area contributed by atoms with E-state index in [-0.39, 0.29) is 11.9 Å². The molecule has 2 aromatic carbocycles. The molecule has 4 nitrogen and oxygen atoms in total. The molecule has 1 saturated carbocycles. The summed E-state index contributed by atoms with van der Waals surface area (Å²) in [6.07, 6.45) is 5.42. The Morgan fingerprint density at radius 1 is 0.931 bits per heavy atom. The summed E-state index contributed by atoms with van der Waals surface area (Å²) in [4.78, 5) is 20.4. The Labute approximate surface area is 182 Å². The maximum Gasteiger partial charge on any atom is 0.249 e. The molecule has 3 aliphatic rings. The van der Waals surface area contributed by atoms with Gasteiger partial charge in [-0.05, 0) is 56.4 Å². The fourth-order valence-corrected chi connectivity index (χ4v) is 5.07. The highest BCUT2D eigenvalue weighted by molar-refractivity contribution is 6.35. The molecule has 151 valence electrons. The fraction of sp³-hybridized carbons (Fsp3) is 0.435. The van der Waals surface area contributed by atoms with Crippen molar-refractivity contribution in [3.05, 3.63) is 52.5 Å². The maximum atomic E-state index is 13.8. The highest BCUT2D eigenvalue weighted by atomic mass is 35.5. The minimum Gasteiger partial charge on any atom is -0.365 e. The first kappa shape index (κ1) is 19.1. The summed E-state index contributed by atoms with van der Waals surface area (Å²) in [6, 6.07) is 15.2. The Balaban J connectivity index is 1.47. The van der Waals surface area contributed by atoms with E-state index < -0.39 is 0 Å². The second kappa shape index (κ2) is 7.73. The zero-order chi connectivity index (χ0) is 20.0. The van der Waals surface area contributed by atoms with E-state index in [4.69, 9.17) is 23.2 Å². The van der Waals surface area contributed by atoms with Gasteiger partial charge < -0.3 is 14.7 Å². The summed E-state index contributed by atoms with van der Waals surface area (Å²) in [5.74, 6) is 0.160. The number of hydrogen-bond donors (Lipinski definition) is 0. The first-order valence-corrected chi connectivity index (χ1v) is 11.2. The minimum absolute atomic E-state index is 0.160. The van der Waals surface area contributed by atoms with E-state index in [2.05, 4.69) is 34.1 Å². The molecule has 5 rings (SSSR count). The lowest BCUT2D eigenvalue weighted by molar-refractivity contribution is -0.120. The standard InChI is InChI=1S/C23H24Cl2N3O/c24-16-8-11-18(25)22(15-16)27-12-4-3-7-21(27)23(29)28-14-13-26(17-9-10-17)19-5-1-2-6-20(19)28/h1-2,5-6,11,15,17,21H,3-4,7,9-10,12-14H2/t21-/m0/s1. The van der Waals surface area contributed by atoms with Crippen molar-refractivity contribution in [3.63, 3.8) is 0 Å². The van der Waals surface area contributed by atoms with E-state index in [0.29, 0.717) is 16.1 Å². The molecule has 29 heavy (non-hydrogen) atoms. The zero-order valence-corrected chi connectivity index (χ0v) is 17.8. The van der Waals surface area contributed by atoms with Gasteiger partial charge in [0.05, 0.1) is 27.1 Å². The molecular formula is C23H24Cl2N3O. The van der Waals surface area contributed by atoms with Crippen molar-refractivity contribution in [1.29, 1.82) is 0 Å². The molecule has 1 amide bonds. The van der Waals surface area contributed by atoms with Crippen LogP contribution in [0.2, 0.25) is 10.0 Å². The monoisotopic (exact) mass is 428 g/mol. The number of carbonyl (C=O) groups excluding carboxylic acids is 1. The van der Waals surface area contributed by atoms with Crippen molar-refractivity contribution in [2.24, 2.45) is 0 Å². The van der Waals surface area contributed by atoms with Gasteiger partial charge in [0, 0.05) is 31.7 Å². The van der Waals surface area contributed by atoms with Crippen LogP contribution in [0.3, 0.4) is 0 Å². The summed E-state index contributed by atoms with van der Waals surface area (Å²) in [5, 5.41) is 1.11. The van der Waals surface area contributed by atoms with Crippen LogP contribution in [0.4, 0.5) is 17.1 Å². The van der Waals surface area contributed by atoms with Gasteiger partial charge in [-0.2, -0.15) is 0 Å². The number of nitrogens with zero attached hydrogens (tertiary/aromatic N) is 3. The van der Waals surface area contributed by atoms with Gasteiger partial charge in [-0.1, -0.05) is 35.3 Å². The maximum absolute atomic E-state index is 13.8. The first-order chi connectivity index (χ1) is 14.1. The average Bonchev–Trinajstić information content (AvgIpc) is 3.59. The number of para-hydroxylation sites is 2. The second-order valence-corrected chi connectivity index (χ2v) is 8.94. The third kappa shape index (κ3) is 3.57. The molecule has 0 aromatic heterocycles. The van der Waals surface area contributed by atoms with Crippen molar-refractivity contribution in [3.8, 4) is 0 Å². The Kier molecular flexibility index (Phi) is 5.09. The first-order valence-electron chi connectivity index (χ1n) is 10.4. The van der Waals surface area contributed by atoms with Crippen LogP contribution < -0.4 is 14.7 Å². The summed E-state index contributed by atoms with van der Waals surface area (Å²) in [6.45, 7) is 2.43. The topological polar surface area (TPSA) is 26.8 Å². The van der Waals surface area contributed by atoms with Gasteiger partial charge in [-0.25, -0.2) is 0 Å². The molecule has 1 radical (unpaired) electrons. The second-order valence-electron chi connectivity index (χ2n) is 8.12. The number of rotatable bonds is 3. The Morgan fingerprint density at radius 3 is 2.52 bits per heavy atom. The highest BCUT2D eigenvalue weighted by Crippen LogP contribution is 2.41. The van der Waals surface area contributed by atoms with Crippen LogP contribution in [0, 0.1) is 6.07 Å². The number of anilines is 3. The minimum atomic E-state index is -0.222. The van der Waals surface area contributed by atoms with Gasteiger partial charge >= 0.3 is 0 Å². The third-order valence-electron chi connectivity index (χ3n) is 6.24. The predicted octanol–water partition coefficient (Wildman–Crippen LogP) is 5.17. The van der Waals surface area contributed by atoms with Crippen LogP contribution in [0.15, 0.2) is 36.4 Å². The zero-order valence-electron chi connectivity index (χ0n) is 16.3. The van der Waals surface area contributed by atoms with Gasteiger partial charge in [0.1, 0.15) is 6.04 Å². The Bertz CT molecular complexity index is 930. The number of benzene rings is 2. The molecule has 0 unspecified atom stereocenters. The van der Waals surface area contributed by atoms with E-state index in [1.807, 2.05) is 17.0 Å². The van der Waals surface area contributed by atoms with Gasteiger partial charge in [-0.3, -0.25) is 4.79 Å². The fourth-order valence-electron chi connectivity index (χ4n) is 4.69. The molecule has 2 fully saturated rings. The summed E-state index contributed by atoms with van der Waals surface area (Å²) >= 11 is 12.7. The molecule has 2 heterocycles. The van der Waals surface area contributed by atoms with Gasteiger partial charge in [-0.15, -0.1) is 0 Å². The lowest BCUT2D eigenvalue weighted by Crippen LogP contribution is -2.54. The molecule has 2 aromatic rings. The van der Waals surface area contributed by atoms with Crippen LogP contribution >= 0.6 is 23.2 Å². The highest BCUT2D eigenvalue weighted by Gasteiger charge is 2.39. The van der Waals surface area contributed by atoms with Crippen LogP contribution in [0.1, 0.15) is 32.1 Å². The molecule has 0 N–H and O–H groups in total. The molecule has 0 bridgehead atoms. The van der Waals surface area contributed by atoms with Crippen molar-refractivity contribution in [2.45, 2.75) is 44.2 Å². The van der Waals surface area contributed by atoms with Gasteiger partial charge in [0.15, 0.2) is 0 Å². The summed E-state index contributed by atoms with van der Waals surface area (Å²) in [5.41, 5.74) is 3.05. The number of carbonyl (C=O) groups is 1. The Morgan fingerprint density at radius 2 is 1.72 bits per heavy atom. The van der Waals surface area contributed by atoms with Crippen LogP contribution in [-0.2, 0) is 4.79 Å². The number of halogens is 2. The van der Waals surface area contributed by atoms with Crippen LogP contribution in [0.25, 0.3) is 0 Å². The quantitative estimate of drug-likeness (QED) is 0.674. The molecule has 1 aliphatic carbocycles. The lowest BCUT2D eigenvalue weighted by atomic mass is 9.98. The van der Waals surface area contributed by atoms with Crippen LogP contribution in [0.5, 0.6) is 0 Å². The largest absolute Gasteiger partial charge is 0.365 e. The van der Waals surface area contributed by atoms with Crippen molar-refractivity contribution < 1.29 is 4.79 Å². The van der Waals surface area contributed by atoms with Crippen molar-refractivity contribution in [1.82, 2.24) is 0 Å². The number of piperidine rings is 1. The normalized spacial score (nSPS) is 21.9. The number of fused-ring (bicyclic) bond motifs is 1. The molecule has 1 saturated heterocycles. The van der Waals surface area contributed by atoms with E-state index >= 15 is 0 Å². The molecule has 6 heteroatoms. The van der Waals surface area contributed by atoms with E-state index in [1.165, 1.54) is 18.5 Å². The van der Waals surface area contributed by atoms with Crippen molar-refractivity contribution in [2.75, 3.05) is 34.3 Å². The average molecular weight is 429 g/mol. The number of hydrogen-bond acceptors (Lipinski definition) is 3. The van der Waals surface area contributed by atoms with E-state index in [9.17, 15) is 4.79 Å². The smallest absolute Gasteiger partial charge is 0.249 e. The molecule has 1 atom stereocenters. The molecular weight excluding hydrogens is 405 g/mol. The number of amides is 1. The predicted molar refractivity (Wildman–Crippen MR) is 119 cm³/mol. The van der Waals surface area contributed by atoms with Gasteiger partial charge in [0.25, 0.3) is 0 Å². The van der Waals surface area contributed by atoms with Gasteiger partial charge in [0.2, 0.25) is 5.91 Å². The summed E-state index contributed by atoms with van der Waals surface area (Å²) in [7, 11) is 0. The Hall–Kier alpha value is -1.91. The molecule has 0 spiro atoms. The van der Waals surface area contributed by atoms with Crippen LogP contribution in [-0.4, -0.2) is 37.6 Å². The lowest BCUT2D eigenvalue weighted by Gasteiger charge is -2.43. The van der Waals surface area contributed by atoms with E-state index in [1.54, 1.807) is 6.07 Å².